The first-order valence-electron chi connectivity index (χ1n) is 3.89. The number of nitrogens with zero attached hydrogens (tertiary/aromatic N) is 1. The maximum Gasteiger partial charge on any atom is 0.455 e. The molecule has 0 aliphatic carbocycles. The van der Waals surface area contributed by atoms with Crippen LogP contribution in [0.2, 0.25) is 0 Å². The van der Waals surface area contributed by atoms with E-state index in [4.69, 9.17) is 0 Å². The fourth-order valence-corrected chi connectivity index (χ4v) is 0.763. The van der Waals surface area contributed by atoms with E-state index in [0.717, 1.165) is 4.90 Å². The lowest BCUT2D eigenvalue weighted by atomic mass is 10.1. The van der Waals surface area contributed by atoms with E-state index in [1.807, 2.05) is 0 Å². The lowest BCUT2D eigenvalue weighted by Gasteiger charge is -2.11. The van der Waals surface area contributed by atoms with Gasteiger partial charge in [0, 0.05) is 20.3 Å². The minimum Gasteiger partial charge on any atom is -0.383 e. The van der Waals surface area contributed by atoms with Crippen molar-refractivity contribution in [1.82, 2.24) is 4.90 Å². The van der Waals surface area contributed by atoms with E-state index in [9.17, 15) is 31.5 Å². The first-order valence-corrected chi connectivity index (χ1v) is 3.89. The average molecular weight is 245 g/mol. The predicted molar refractivity (Wildman–Crippen MR) is 43.8 cm³/mol. The van der Waals surface area contributed by atoms with Crippen molar-refractivity contribution in [1.29, 1.82) is 0 Å². The molecule has 3 nitrogen and oxygen atoms in total. The largest absolute Gasteiger partial charge is 0.455 e. The highest BCUT2D eigenvalue weighted by molar-refractivity contribution is 6.22. The minimum atomic E-state index is -5.35. The molecule has 0 fully saturated rings. The zero-order chi connectivity index (χ0) is 13.1. The predicted octanol–water partition coefficient (Wildman–Crippen LogP) is 1.40. The van der Waals surface area contributed by atoms with Crippen LogP contribution in [0.3, 0.4) is 0 Å². The van der Waals surface area contributed by atoms with Gasteiger partial charge in [0.15, 0.2) is 0 Å². The van der Waals surface area contributed by atoms with E-state index in [2.05, 4.69) is 0 Å². The number of hydrogen-bond donors (Lipinski definition) is 0. The van der Waals surface area contributed by atoms with Crippen molar-refractivity contribution >= 4 is 11.6 Å². The Hall–Kier alpha value is -1.47. The van der Waals surface area contributed by atoms with Gasteiger partial charge >= 0.3 is 12.6 Å². The molecule has 0 bridgehead atoms. The number of alkyl halides is 5. The molecular formula is C8H8F5NO2. The number of hydrogen-bond acceptors (Lipinski definition) is 3. The molecule has 0 aromatic carbocycles. The van der Waals surface area contributed by atoms with Gasteiger partial charge in [-0.05, 0) is 0 Å². The highest BCUT2D eigenvalue weighted by Gasteiger charge is 2.44. The summed E-state index contributed by atoms with van der Waals surface area (Å²) in [6, 6.07) is 0. The summed E-state index contributed by atoms with van der Waals surface area (Å²) >= 11 is 0. The number of carbonyl (C=O) groups excluding carboxylic acids is 2. The van der Waals surface area contributed by atoms with Gasteiger partial charge in [-0.3, -0.25) is 9.59 Å². The molecule has 0 N–H and O–H groups in total. The highest BCUT2D eigenvalue weighted by atomic mass is 19.4. The van der Waals surface area contributed by atoms with Gasteiger partial charge in [0.2, 0.25) is 5.78 Å². The van der Waals surface area contributed by atoms with Gasteiger partial charge in [-0.15, -0.1) is 0 Å². The van der Waals surface area contributed by atoms with Crippen LogP contribution in [0.5, 0.6) is 0 Å². The van der Waals surface area contributed by atoms with Crippen LogP contribution >= 0.6 is 0 Å². The number of Topliss-reactive ketones (excluding diaryl/α,β-unsaturated/α-hetero) is 2. The number of allylic oxidation sites excluding steroid dienone is 1. The Kier molecular flexibility index (Phi) is 4.58. The lowest BCUT2D eigenvalue weighted by Crippen LogP contribution is -2.31. The molecule has 8 heteroatoms. The van der Waals surface area contributed by atoms with E-state index in [0.29, 0.717) is 6.20 Å². The van der Waals surface area contributed by atoms with Crippen molar-refractivity contribution < 1.29 is 31.5 Å². The zero-order valence-corrected chi connectivity index (χ0v) is 8.31. The Morgan fingerprint density at radius 3 is 1.88 bits per heavy atom. The molecule has 0 aliphatic rings. The van der Waals surface area contributed by atoms with Crippen molar-refractivity contribution in [3.63, 3.8) is 0 Å². The molecule has 0 saturated heterocycles. The third-order valence-electron chi connectivity index (χ3n) is 1.35. The molecule has 0 radical (unpaired) electrons. The van der Waals surface area contributed by atoms with Crippen LogP contribution in [-0.4, -0.2) is 43.2 Å². The Morgan fingerprint density at radius 2 is 1.62 bits per heavy atom. The summed E-state index contributed by atoms with van der Waals surface area (Å²) in [6.07, 6.45) is -8.59. The van der Waals surface area contributed by atoms with Gasteiger partial charge in [-0.1, -0.05) is 0 Å². The zero-order valence-electron chi connectivity index (χ0n) is 8.31. The molecule has 0 aliphatic heterocycles. The van der Waals surface area contributed by atoms with Gasteiger partial charge in [-0.2, -0.15) is 13.2 Å². The SMILES string of the molecule is CN(C)/C=C(\C(=O)C(F)F)C(=O)C(F)(F)F. The summed E-state index contributed by atoms with van der Waals surface area (Å²) in [5.41, 5.74) is -1.58. The quantitative estimate of drug-likeness (QED) is 0.325. The van der Waals surface area contributed by atoms with Crippen molar-refractivity contribution in [2.45, 2.75) is 12.6 Å². The Morgan fingerprint density at radius 1 is 1.19 bits per heavy atom. The Bertz CT molecular complexity index is 319. The van der Waals surface area contributed by atoms with Crippen molar-refractivity contribution in [2.24, 2.45) is 0 Å². The van der Waals surface area contributed by atoms with E-state index in [1.54, 1.807) is 0 Å². The summed E-state index contributed by atoms with van der Waals surface area (Å²) in [5, 5.41) is 0. The fourth-order valence-electron chi connectivity index (χ4n) is 0.763. The number of ketones is 2. The molecule has 0 spiro atoms. The van der Waals surface area contributed by atoms with Crippen molar-refractivity contribution in [3.05, 3.63) is 11.8 Å². The van der Waals surface area contributed by atoms with Gasteiger partial charge in [0.05, 0.1) is 5.57 Å². The Balaban J connectivity index is 5.29. The second-order valence-electron chi connectivity index (χ2n) is 3.00. The van der Waals surface area contributed by atoms with Crippen LogP contribution in [0.25, 0.3) is 0 Å². The van der Waals surface area contributed by atoms with E-state index < -0.39 is 29.7 Å². The van der Waals surface area contributed by atoms with Crippen LogP contribution < -0.4 is 0 Å². The molecule has 0 rings (SSSR count). The van der Waals surface area contributed by atoms with E-state index in [1.165, 1.54) is 14.1 Å². The summed E-state index contributed by atoms with van der Waals surface area (Å²) in [7, 11) is 2.39. The monoisotopic (exact) mass is 245 g/mol. The maximum atomic E-state index is 12.0. The second kappa shape index (κ2) is 5.04. The smallest absolute Gasteiger partial charge is 0.383 e. The van der Waals surface area contributed by atoms with Gasteiger partial charge in [-0.25, -0.2) is 8.78 Å². The number of rotatable bonds is 4. The molecule has 0 unspecified atom stereocenters. The first kappa shape index (κ1) is 14.5. The second-order valence-corrected chi connectivity index (χ2v) is 3.00. The minimum absolute atomic E-state index is 0.421. The number of carbonyl (C=O) groups is 2. The van der Waals surface area contributed by atoms with Crippen LogP contribution in [0.1, 0.15) is 0 Å². The van der Waals surface area contributed by atoms with Crippen LogP contribution in [0, 0.1) is 0 Å². The first-order chi connectivity index (χ1) is 7.07. The molecule has 0 aromatic heterocycles. The summed E-state index contributed by atoms with van der Waals surface area (Å²) in [6.45, 7) is 0. The Labute approximate surface area is 87.5 Å². The van der Waals surface area contributed by atoms with E-state index in [-0.39, 0.29) is 0 Å². The normalized spacial score (nSPS) is 12.9. The van der Waals surface area contributed by atoms with E-state index >= 15 is 0 Å². The molecule has 0 saturated carbocycles. The van der Waals surface area contributed by atoms with Gasteiger partial charge in [0.25, 0.3) is 5.78 Å². The average Bonchev–Trinajstić information content (AvgIpc) is 2.09. The fraction of sp³-hybridized carbons (Fsp3) is 0.500. The van der Waals surface area contributed by atoms with Crippen LogP contribution in [0.4, 0.5) is 22.0 Å². The lowest BCUT2D eigenvalue weighted by molar-refractivity contribution is -0.167. The summed E-state index contributed by atoms with van der Waals surface area (Å²) in [5.74, 6) is -4.72. The molecular weight excluding hydrogens is 237 g/mol. The van der Waals surface area contributed by atoms with Crippen molar-refractivity contribution in [2.75, 3.05) is 14.1 Å². The molecule has 16 heavy (non-hydrogen) atoms. The van der Waals surface area contributed by atoms with Crippen molar-refractivity contribution in [3.8, 4) is 0 Å². The molecule has 0 aromatic rings. The highest BCUT2D eigenvalue weighted by Crippen LogP contribution is 2.22. The topological polar surface area (TPSA) is 37.4 Å². The molecule has 92 valence electrons. The third kappa shape index (κ3) is 3.95. The van der Waals surface area contributed by atoms with Crippen LogP contribution in [-0.2, 0) is 9.59 Å². The standard InChI is InChI=1S/C8H8F5NO2/c1-14(2)3-4(5(15)7(9)10)6(16)8(11,12)13/h3,7H,1-2H3/b4-3+. The summed E-state index contributed by atoms with van der Waals surface area (Å²) < 4.78 is 59.8. The molecule has 0 heterocycles. The maximum absolute atomic E-state index is 12.0. The summed E-state index contributed by atoms with van der Waals surface area (Å²) in [4.78, 5) is 22.3. The van der Waals surface area contributed by atoms with Gasteiger partial charge in [0.1, 0.15) is 0 Å². The van der Waals surface area contributed by atoms with Crippen LogP contribution in [0.15, 0.2) is 11.8 Å². The molecule has 0 amide bonds. The molecule has 0 atom stereocenters. The van der Waals surface area contributed by atoms with Gasteiger partial charge < -0.3 is 4.90 Å². The third-order valence-corrected chi connectivity index (χ3v) is 1.35. The number of halogens is 5.